The second kappa shape index (κ2) is 5.87. The molecular weight excluding hydrogens is 306 g/mol. The van der Waals surface area contributed by atoms with Crippen molar-refractivity contribution in [1.82, 2.24) is 14.8 Å². The fraction of sp³-hybridized carbons (Fsp3) is 0.389. The van der Waals surface area contributed by atoms with Gasteiger partial charge in [-0.3, -0.25) is 9.69 Å². The molecule has 1 N–H and O–H groups in total. The molecule has 2 atom stereocenters. The number of carbonyl (C=O) groups is 1. The number of aromatic nitrogens is 1. The minimum atomic E-state index is -0.0308. The van der Waals surface area contributed by atoms with Gasteiger partial charge in [-0.2, -0.15) is 0 Å². The highest BCUT2D eigenvalue weighted by atomic mass is 16.7. The van der Waals surface area contributed by atoms with Gasteiger partial charge < -0.3 is 19.4 Å². The van der Waals surface area contributed by atoms with Crippen LogP contribution in [0.3, 0.4) is 0 Å². The van der Waals surface area contributed by atoms with E-state index in [1.165, 1.54) is 5.69 Å². The highest BCUT2D eigenvalue weighted by Crippen LogP contribution is 2.33. The van der Waals surface area contributed by atoms with Gasteiger partial charge in [0.2, 0.25) is 12.7 Å². The number of ether oxygens (including phenoxy) is 2. The molecule has 4 rings (SSSR count). The zero-order valence-electron chi connectivity index (χ0n) is 13.9. The predicted octanol–water partition coefficient (Wildman–Crippen LogP) is 1.56. The first-order valence-corrected chi connectivity index (χ1v) is 8.13. The van der Waals surface area contributed by atoms with Crippen molar-refractivity contribution in [2.24, 2.45) is 7.05 Å². The molecular formula is C18H21N3O3. The monoisotopic (exact) mass is 327 g/mol. The molecule has 0 spiro atoms. The smallest absolute Gasteiger partial charge is 0.239 e. The Morgan fingerprint density at radius 1 is 1.25 bits per heavy atom. The first-order chi connectivity index (χ1) is 11.6. The summed E-state index contributed by atoms with van der Waals surface area (Å²) < 4.78 is 12.8. The Morgan fingerprint density at radius 2 is 2.08 bits per heavy atom. The van der Waals surface area contributed by atoms with Gasteiger partial charge in [-0.05, 0) is 36.8 Å². The van der Waals surface area contributed by atoms with Crippen LogP contribution in [0.4, 0.5) is 0 Å². The second-order valence-corrected chi connectivity index (χ2v) is 6.38. The molecule has 2 aliphatic heterocycles. The molecule has 0 aliphatic carbocycles. The van der Waals surface area contributed by atoms with Gasteiger partial charge in [0.25, 0.3) is 0 Å². The van der Waals surface area contributed by atoms with Crippen LogP contribution in [0.2, 0.25) is 0 Å². The maximum atomic E-state index is 12.3. The molecule has 0 radical (unpaired) electrons. The molecule has 1 amide bonds. The maximum Gasteiger partial charge on any atom is 0.239 e. The van der Waals surface area contributed by atoms with Crippen LogP contribution in [0.25, 0.3) is 0 Å². The normalized spacial score (nSPS) is 20.9. The van der Waals surface area contributed by atoms with Crippen molar-refractivity contribution in [2.75, 3.05) is 13.3 Å². The summed E-state index contributed by atoms with van der Waals surface area (Å²) in [6.07, 6.45) is 0. The summed E-state index contributed by atoms with van der Waals surface area (Å²) in [6, 6.07) is 10.0. The lowest BCUT2D eigenvalue weighted by Crippen LogP contribution is -2.30. The summed E-state index contributed by atoms with van der Waals surface area (Å²) in [5.41, 5.74) is 3.44. The molecule has 6 nitrogen and oxygen atoms in total. The van der Waals surface area contributed by atoms with Gasteiger partial charge in [-0.1, -0.05) is 6.07 Å². The summed E-state index contributed by atoms with van der Waals surface area (Å²) >= 11 is 0. The summed E-state index contributed by atoms with van der Waals surface area (Å²) in [6.45, 7) is 4.45. The Bertz CT molecular complexity index is 784. The molecule has 0 saturated carbocycles. The molecule has 2 aromatic rings. The lowest BCUT2D eigenvalue weighted by molar-refractivity contribution is -0.121. The number of carbonyl (C=O) groups excluding carboxylic acids is 1. The van der Waals surface area contributed by atoms with E-state index >= 15 is 0 Å². The Morgan fingerprint density at radius 3 is 2.88 bits per heavy atom. The van der Waals surface area contributed by atoms with Gasteiger partial charge in [-0.15, -0.1) is 0 Å². The SMILES string of the molecule is Cc1ccc(CNC(=O)C2CN2Cc2ccc3c(c2)OCO3)n1C. The van der Waals surface area contributed by atoms with E-state index in [0.717, 1.165) is 35.8 Å². The number of hydrogen-bond donors (Lipinski definition) is 1. The Hall–Kier alpha value is -2.47. The zero-order chi connectivity index (χ0) is 16.7. The molecule has 1 saturated heterocycles. The topological polar surface area (TPSA) is 55.5 Å². The Kier molecular flexibility index (Phi) is 3.69. The van der Waals surface area contributed by atoms with Crippen molar-refractivity contribution in [3.05, 3.63) is 47.3 Å². The second-order valence-electron chi connectivity index (χ2n) is 6.38. The van der Waals surface area contributed by atoms with Crippen molar-refractivity contribution in [1.29, 1.82) is 0 Å². The average molecular weight is 327 g/mol. The third-order valence-corrected chi connectivity index (χ3v) is 4.76. The van der Waals surface area contributed by atoms with Crippen LogP contribution in [0.1, 0.15) is 17.0 Å². The fourth-order valence-electron chi connectivity index (χ4n) is 3.01. The standard InChI is InChI=1S/C18H21N3O3/c1-12-3-5-14(20(12)2)8-19-18(22)15-10-21(15)9-13-4-6-16-17(7-13)24-11-23-16/h3-7,15H,8-11H2,1-2H3,(H,19,22). The first kappa shape index (κ1) is 15.1. The first-order valence-electron chi connectivity index (χ1n) is 8.13. The summed E-state index contributed by atoms with van der Waals surface area (Å²) in [4.78, 5) is 14.4. The van der Waals surface area contributed by atoms with Crippen LogP contribution in [-0.2, 0) is 24.9 Å². The van der Waals surface area contributed by atoms with Gasteiger partial charge in [0.15, 0.2) is 11.5 Å². The van der Waals surface area contributed by atoms with Gasteiger partial charge in [-0.25, -0.2) is 0 Å². The lowest BCUT2D eigenvalue weighted by atomic mass is 10.2. The van der Waals surface area contributed by atoms with E-state index in [1.54, 1.807) is 0 Å². The van der Waals surface area contributed by atoms with E-state index in [0.29, 0.717) is 6.54 Å². The van der Waals surface area contributed by atoms with E-state index in [1.807, 2.05) is 31.3 Å². The summed E-state index contributed by atoms with van der Waals surface area (Å²) in [5.74, 6) is 1.67. The molecule has 3 heterocycles. The average Bonchev–Trinajstić information content (AvgIpc) is 3.05. The zero-order valence-corrected chi connectivity index (χ0v) is 13.9. The van der Waals surface area contributed by atoms with Gasteiger partial charge in [0.1, 0.15) is 6.04 Å². The van der Waals surface area contributed by atoms with Gasteiger partial charge in [0.05, 0.1) is 6.54 Å². The minimum absolute atomic E-state index is 0.0308. The molecule has 0 bridgehead atoms. The van der Waals surface area contributed by atoms with Crippen molar-refractivity contribution >= 4 is 5.91 Å². The molecule has 2 unspecified atom stereocenters. The van der Waals surface area contributed by atoms with Crippen molar-refractivity contribution in [3.8, 4) is 11.5 Å². The van der Waals surface area contributed by atoms with Crippen molar-refractivity contribution in [2.45, 2.75) is 26.1 Å². The summed E-state index contributed by atoms with van der Waals surface area (Å²) in [5, 5.41) is 3.03. The Balaban J connectivity index is 1.30. The molecule has 1 aromatic heterocycles. The van der Waals surface area contributed by atoms with Gasteiger partial charge in [0, 0.05) is 31.5 Å². The number of nitrogens with one attached hydrogen (secondary N) is 1. The Labute approximate surface area is 141 Å². The fourth-order valence-corrected chi connectivity index (χ4v) is 3.01. The molecule has 24 heavy (non-hydrogen) atoms. The number of nitrogens with zero attached hydrogens (tertiary/aromatic N) is 2. The van der Waals surface area contributed by atoms with Crippen LogP contribution >= 0.6 is 0 Å². The number of fused-ring (bicyclic) bond motifs is 1. The van der Waals surface area contributed by atoms with Crippen LogP contribution < -0.4 is 14.8 Å². The van der Waals surface area contributed by atoms with E-state index in [-0.39, 0.29) is 18.7 Å². The number of aryl methyl sites for hydroxylation is 1. The van der Waals surface area contributed by atoms with E-state index in [4.69, 9.17) is 9.47 Å². The van der Waals surface area contributed by atoms with E-state index in [2.05, 4.69) is 27.8 Å². The quantitative estimate of drug-likeness (QED) is 0.847. The molecule has 126 valence electrons. The number of hydrogen-bond acceptors (Lipinski definition) is 4. The maximum absolute atomic E-state index is 12.3. The van der Waals surface area contributed by atoms with E-state index in [9.17, 15) is 4.79 Å². The van der Waals surface area contributed by atoms with E-state index < -0.39 is 0 Å². The third-order valence-electron chi connectivity index (χ3n) is 4.76. The predicted molar refractivity (Wildman–Crippen MR) is 88.8 cm³/mol. The van der Waals surface area contributed by atoms with Crippen molar-refractivity contribution < 1.29 is 14.3 Å². The molecule has 6 heteroatoms. The number of benzene rings is 1. The number of rotatable bonds is 5. The molecule has 1 aromatic carbocycles. The van der Waals surface area contributed by atoms with Crippen LogP contribution in [-0.4, -0.2) is 34.8 Å². The van der Waals surface area contributed by atoms with Gasteiger partial charge >= 0.3 is 0 Å². The highest BCUT2D eigenvalue weighted by Gasteiger charge is 2.40. The van der Waals surface area contributed by atoms with Crippen LogP contribution in [0, 0.1) is 6.92 Å². The molecule has 2 aliphatic rings. The highest BCUT2D eigenvalue weighted by molar-refractivity contribution is 5.84. The third kappa shape index (κ3) is 2.85. The molecule has 1 fully saturated rings. The number of amides is 1. The van der Waals surface area contributed by atoms with Crippen molar-refractivity contribution in [3.63, 3.8) is 0 Å². The minimum Gasteiger partial charge on any atom is -0.454 e. The summed E-state index contributed by atoms with van der Waals surface area (Å²) in [7, 11) is 2.01. The van der Waals surface area contributed by atoms with Crippen LogP contribution in [0.15, 0.2) is 30.3 Å². The lowest BCUT2D eigenvalue weighted by Gasteiger charge is -2.08. The van der Waals surface area contributed by atoms with Crippen LogP contribution in [0.5, 0.6) is 11.5 Å². The largest absolute Gasteiger partial charge is 0.454 e.